The molecule has 0 spiro atoms. The summed E-state index contributed by atoms with van der Waals surface area (Å²) in [6.07, 6.45) is 4.55. The fourth-order valence-electron chi connectivity index (χ4n) is 2.32. The van der Waals surface area contributed by atoms with Crippen LogP contribution in [0.1, 0.15) is 36.4 Å². The Morgan fingerprint density at radius 1 is 1.27 bits per heavy atom. The number of hydrogen-bond donors (Lipinski definition) is 0. The Bertz CT molecular complexity index is 644. The van der Waals surface area contributed by atoms with Gasteiger partial charge in [0.2, 0.25) is 0 Å². The third-order valence-electron chi connectivity index (χ3n) is 3.79. The molecule has 118 valence electrons. The number of nitrogens with zero attached hydrogens (tertiary/aromatic N) is 2. The van der Waals surface area contributed by atoms with Gasteiger partial charge in [0.05, 0.1) is 6.61 Å². The minimum absolute atomic E-state index is 0.325. The largest absolute Gasteiger partial charge is 0.449 e. The second-order valence-corrected chi connectivity index (χ2v) is 6.04. The first-order chi connectivity index (χ1) is 10.5. The SMILES string of the molecule is Cc1cccc(CCc2nccn2C(=O)OCC(C)C)c1C. The average molecular weight is 300 g/mol. The molecule has 0 aliphatic carbocycles. The summed E-state index contributed by atoms with van der Waals surface area (Å²) in [6.45, 7) is 8.70. The van der Waals surface area contributed by atoms with Crippen LogP contribution in [0.15, 0.2) is 30.6 Å². The molecule has 4 heteroatoms. The third kappa shape index (κ3) is 3.97. The molecule has 0 bridgehead atoms. The maximum atomic E-state index is 12.1. The minimum atomic E-state index is -0.345. The molecular weight excluding hydrogens is 276 g/mol. The van der Waals surface area contributed by atoms with Crippen LogP contribution in [0.3, 0.4) is 0 Å². The Labute approximate surface area is 132 Å². The third-order valence-corrected chi connectivity index (χ3v) is 3.79. The van der Waals surface area contributed by atoms with Crippen LogP contribution in [0.4, 0.5) is 4.79 Å². The summed E-state index contributed by atoms with van der Waals surface area (Å²) >= 11 is 0. The molecule has 0 saturated carbocycles. The van der Waals surface area contributed by atoms with Crippen molar-refractivity contribution in [2.24, 2.45) is 5.92 Å². The highest BCUT2D eigenvalue weighted by atomic mass is 16.5. The van der Waals surface area contributed by atoms with E-state index in [4.69, 9.17) is 4.74 Å². The molecule has 0 aliphatic heterocycles. The number of carbonyl (C=O) groups excluding carboxylic acids is 1. The molecule has 1 heterocycles. The second-order valence-electron chi connectivity index (χ2n) is 6.04. The molecule has 2 aromatic rings. The molecule has 0 radical (unpaired) electrons. The Hall–Kier alpha value is -2.10. The van der Waals surface area contributed by atoms with Gasteiger partial charge in [0.25, 0.3) is 0 Å². The number of ether oxygens (including phenoxy) is 1. The van der Waals surface area contributed by atoms with Crippen LogP contribution in [0.25, 0.3) is 0 Å². The molecular formula is C18H24N2O2. The van der Waals surface area contributed by atoms with Crippen molar-refractivity contribution in [3.8, 4) is 0 Å². The van der Waals surface area contributed by atoms with Gasteiger partial charge in [0.15, 0.2) is 0 Å². The summed E-state index contributed by atoms with van der Waals surface area (Å²) in [5, 5.41) is 0. The lowest BCUT2D eigenvalue weighted by atomic mass is 10.00. The summed E-state index contributed by atoms with van der Waals surface area (Å²) in [4.78, 5) is 16.4. The zero-order valence-electron chi connectivity index (χ0n) is 13.8. The molecule has 0 atom stereocenters. The molecule has 0 saturated heterocycles. The maximum Gasteiger partial charge on any atom is 0.419 e. The van der Waals surface area contributed by atoms with E-state index in [1.165, 1.54) is 21.3 Å². The van der Waals surface area contributed by atoms with Crippen LogP contribution in [0, 0.1) is 19.8 Å². The number of aryl methyl sites for hydroxylation is 3. The number of carbonyl (C=O) groups is 1. The lowest BCUT2D eigenvalue weighted by Crippen LogP contribution is -2.18. The zero-order chi connectivity index (χ0) is 16.1. The molecule has 0 aliphatic rings. The predicted molar refractivity (Wildman–Crippen MR) is 87.1 cm³/mol. The highest BCUT2D eigenvalue weighted by Crippen LogP contribution is 2.15. The highest BCUT2D eigenvalue weighted by Gasteiger charge is 2.13. The van der Waals surface area contributed by atoms with Crippen molar-refractivity contribution in [1.82, 2.24) is 9.55 Å². The number of imidazole rings is 1. The molecule has 1 aromatic carbocycles. The van der Waals surface area contributed by atoms with Gasteiger partial charge in [-0.2, -0.15) is 0 Å². The van der Waals surface area contributed by atoms with Crippen molar-refractivity contribution in [1.29, 1.82) is 0 Å². The van der Waals surface area contributed by atoms with E-state index in [0.29, 0.717) is 18.9 Å². The molecule has 0 fully saturated rings. The predicted octanol–water partition coefficient (Wildman–Crippen LogP) is 3.93. The van der Waals surface area contributed by atoms with Gasteiger partial charge in [0.1, 0.15) is 5.82 Å². The monoisotopic (exact) mass is 300 g/mol. The van der Waals surface area contributed by atoms with Crippen LogP contribution in [0.2, 0.25) is 0 Å². The Kier molecular flexibility index (Phi) is 5.36. The molecule has 2 rings (SSSR count). The fraction of sp³-hybridized carbons (Fsp3) is 0.444. The van der Waals surface area contributed by atoms with Gasteiger partial charge in [-0.3, -0.25) is 0 Å². The molecule has 1 aromatic heterocycles. The maximum absolute atomic E-state index is 12.1. The summed E-state index contributed by atoms with van der Waals surface area (Å²) in [5.74, 6) is 1.07. The summed E-state index contributed by atoms with van der Waals surface area (Å²) < 4.78 is 6.77. The highest BCUT2D eigenvalue weighted by molar-refractivity contribution is 5.71. The van der Waals surface area contributed by atoms with E-state index in [2.05, 4.69) is 37.0 Å². The van der Waals surface area contributed by atoms with E-state index < -0.39 is 0 Å². The van der Waals surface area contributed by atoms with Gasteiger partial charge in [-0.25, -0.2) is 14.3 Å². The van der Waals surface area contributed by atoms with E-state index in [0.717, 1.165) is 12.2 Å². The van der Waals surface area contributed by atoms with Crippen molar-refractivity contribution in [2.45, 2.75) is 40.5 Å². The summed E-state index contributed by atoms with van der Waals surface area (Å²) in [6, 6.07) is 6.32. The number of aromatic nitrogens is 2. The first-order valence-corrected chi connectivity index (χ1v) is 7.73. The van der Waals surface area contributed by atoms with Crippen molar-refractivity contribution >= 4 is 6.09 Å². The quantitative estimate of drug-likeness (QED) is 0.840. The summed E-state index contributed by atoms with van der Waals surface area (Å²) in [5.41, 5.74) is 3.89. The molecule has 4 nitrogen and oxygen atoms in total. The van der Waals surface area contributed by atoms with E-state index >= 15 is 0 Å². The van der Waals surface area contributed by atoms with E-state index in [1.54, 1.807) is 12.4 Å². The standard InChI is InChI=1S/C18H24N2O2/c1-13(2)12-22-18(21)20-11-10-19-17(20)9-8-16-7-5-6-14(3)15(16)4/h5-7,10-11,13H,8-9,12H2,1-4H3. The topological polar surface area (TPSA) is 44.1 Å². The minimum Gasteiger partial charge on any atom is -0.449 e. The molecule has 0 amide bonds. The molecule has 22 heavy (non-hydrogen) atoms. The van der Waals surface area contributed by atoms with Crippen molar-refractivity contribution in [3.05, 3.63) is 53.1 Å². The van der Waals surface area contributed by atoms with E-state index in [-0.39, 0.29) is 6.09 Å². The van der Waals surface area contributed by atoms with Crippen LogP contribution in [-0.2, 0) is 17.6 Å². The Morgan fingerprint density at radius 2 is 2.05 bits per heavy atom. The van der Waals surface area contributed by atoms with Gasteiger partial charge in [-0.1, -0.05) is 32.0 Å². The smallest absolute Gasteiger partial charge is 0.419 e. The Morgan fingerprint density at radius 3 is 2.77 bits per heavy atom. The van der Waals surface area contributed by atoms with Gasteiger partial charge in [-0.15, -0.1) is 0 Å². The number of hydrogen-bond acceptors (Lipinski definition) is 3. The molecule has 0 unspecified atom stereocenters. The van der Waals surface area contributed by atoms with E-state index in [9.17, 15) is 4.79 Å². The second kappa shape index (κ2) is 7.25. The first kappa shape index (κ1) is 16.3. The lowest BCUT2D eigenvalue weighted by Gasteiger charge is -2.11. The lowest BCUT2D eigenvalue weighted by molar-refractivity contribution is 0.133. The van der Waals surface area contributed by atoms with Crippen LogP contribution in [-0.4, -0.2) is 22.3 Å². The normalized spacial score (nSPS) is 11.0. The number of rotatable bonds is 5. The van der Waals surface area contributed by atoms with Gasteiger partial charge >= 0.3 is 6.09 Å². The van der Waals surface area contributed by atoms with Crippen molar-refractivity contribution < 1.29 is 9.53 Å². The van der Waals surface area contributed by atoms with Crippen LogP contribution < -0.4 is 0 Å². The molecule has 0 N–H and O–H groups in total. The van der Waals surface area contributed by atoms with Gasteiger partial charge in [-0.05, 0) is 42.9 Å². The van der Waals surface area contributed by atoms with Crippen LogP contribution in [0.5, 0.6) is 0 Å². The van der Waals surface area contributed by atoms with Crippen LogP contribution >= 0.6 is 0 Å². The Balaban J connectivity index is 2.04. The van der Waals surface area contributed by atoms with E-state index in [1.807, 2.05) is 13.8 Å². The summed E-state index contributed by atoms with van der Waals surface area (Å²) in [7, 11) is 0. The van der Waals surface area contributed by atoms with Gasteiger partial charge in [0, 0.05) is 18.8 Å². The van der Waals surface area contributed by atoms with Crippen molar-refractivity contribution in [3.63, 3.8) is 0 Å². The first-order valence-electron chi connectivity index (χ1n) is 7.73. The zero-order valence-corrected chi connectivity index (χ0v) is 13.8. The van der Waals surface area contributed by atoms with Gasteiger partial charge < -0.3 is 4.74 Å². The fourth-order valence-corrected chi connectivity index (χ4v) is 2.32. The average Bonchev–Trinajstić information content (AvgIpc) is 2.95. The van der Waals surface area contributed by atoms with Crippen molar-refractivity contribution in [2.75, 3.05) is 6.61 Å². The number of benzene rings is 1.